The number of carbonyl (C=O) groups is 2. The maximum Gasteiger partial charge on any atom is 0.321 e. The van der Waals surface area contributed by atoms with E-state index in [1.165, 1.54) is 24.3 Å². The summed E-state index contributed by atoms with van der Waals surface area (Å²) in [7, 11) is -1.86. The van der Waals surface area contributed by atoms with Crippen LogP contribution in [0.5, 0.6) is 0 Å². The van der Waals surface area contributed by atoms with Gasteiger partial charge in [0.1, 0.15) is 13.1 Å². The highest BCUT2D eigenvalue weighted by Crippen LogP contribution is 2.19. The minimum atomic E-state index is -4.09. The standard InChI is InChI=1S/C12H14ClNO6S/c1-19-11(15)7-14(8-12(16)20-2)21(17,18)10-5-3-4-9(13)6-10/h3-6H,7-8H2,1-2H3. The van der Waals surface area contributed by atoms with Gasteiger partial charge >= 0.3 is 11.9 Å². The molecule has 21 heavy (non-hydrogen) atoms. The molecule has 0 bridgehead atoms. The van der Waals surface area contributed by atoms with Crippen LogP contribution in [-0.2, 0) is 29.1 Å². The normalized spacial score (nSPS) is 11.2. The van der Waals surface area contributed by atoms with Gasteiger partial charge in [-0.2, -0.15) is 4.31 Å². The number of hydrogen-bond acceptors (Lipinski definition) is 6. The number of carbonyl (C=O) groups excluding carboxylic acids is 2. The summed E-state index contributed by atoms with van der Waals surface area (Å²) >= 11 is 5.76. The van der Waals surface area contributed by atoms with Crippen molar-refractivity contribution in [2.24, 2.45) is 0 Å². The van der Waals surface area contributed by atoms with Crippen molar-refractivity contribution >= 4 is 33.6 Å². The van der Waals surface area contributed by atoms with Gasteiger partial charge in [-0.15, -0.1) is 0 Å². The maximum absolute atomic E-state index is 12.4. The molecule has 0 saturated heterocycles. The Bertz CT molecular complexity index is 612. The zero-order chi connectivity index (χ0) is 16.0. The van der Waals surface area contributed by atoms with Gasteiger partial charge < -0.3 is 9.47 Å². The molecule has 116 valence electrons. The summed E-state index contributed by atoms with van der Waals surface area (Å²) in [5.74, 6) is -1.60. The third kappa shape index (κ3) is 4.69. The third-order valence-corrected chi connectivity index (χ3v) is 4.52. The largest absolute Gasteiger partial charge is 0.468 e. The number of halogens is 1. The highest BCUT2D eigenvalue weighted by atomic mass is 35.5. The fraction of sp³-hybridized carbons (Fsp3) is 0.333. The van der Waals surface area contributed by atoms with Crippen molar-refractivity contribution < 1.29 is 27.5 Å². The predicted molar refractivity (Wildman–Crippen MR) is 74.2 cm³/mol. The van der Waals surface area contributed by atoms with Crippen LogP contribution in [0.1, 0.15) is 0 Å². The van der Waals surface area contributed by atoms with Gasteiger partial charge in [0.15, 0.2) is 0 Å². The quantitative estimate of drug-likeness (QED) is 0.710. The number of sulfonamides is 1. The molecule has 0 aromatic heterocycles. The fourth-order valence-electron chi connectivity index (χ4n) is 1.42. The fourth-order valence-corrected chi connectivity index (χ4v) is 3.05. The number of rotatable bonds is 6. The average Bonchev–Trinajstić information content (AvgIpc) is 2.46. The molecule has 0 amide bonds. The summed E-state index contributed by atoms with van der Waals surface area (Å²) in [6.45, 7) is -1.22. The zero-order valence-electron chi connectivity index (χ0n) is 11.4. The Morgan fingerprint density at radius 2 is 1.67 bits per heavy atom. The van der Waals surface area contributed by atoms with Crippen LogP contribution in [0.4, 0.5) is 0 Å². The molecule has 0 aliphatic heterocycles. The minimum Gasteiger partial charge on any atom is -0.468 e. The van der Waals surface area contributed by atoms with Crippen LogP contribution in [0.2, 0.25) is 5.02 Å². The molecule has 1 rings (SSSR count). The highest BCUT2D eigenvalue weighted by molar-refractivity contribution is 7.89. The maximum atomic E-state index is 12.4. The second-order valence-electron chi connectivity index (χ2n) is 3.88. The van der Waals surface area contributed by atoms with Crippen LogP contribution >= 0.6 is 11.6 Å². The molecule has 0 aliphatic carbocycles. The van der Waals surface area contributed by atoms with Crippen molar-refractivity contribution in [3.05, 3.63) is 29.3 Å². The Labute approximate surface area is 127 Å². The topological polar surface area (TPSA) is 90.0 Å². The van der Waals surface area contributed by atoms with Gasteiger partial charge in [0, 0.05) is 5.02 Å². The van der Waals surface area contributed by atoms with Crippen molar-refractivity contribution in [3.8, 4) is 0 Å². The molecule has 7 nitrogen and oxygen atoms in total. The van der Waals surface area contributed by atoms with Gasteiger partial charge in [0.05, 0.1) is 19.1 Å². The van der Waals surface area contributed by atoms with Crippen LogP contribution in [0.15, 0.2) is 29.2 Å². The van der Waals surface area contributed by atoms with E-state index in [-0.39, 0.29) is 9.92 Å². The molecule has 0 aliphatic rings. The monoisotopic (exact) mass is 335 g/mol. The lowest BCUT2D eigenvalue weighted by Crippen LogP contribution is -2.40. The summed E-state index contributed by atoms with van der Waals surface area (Å²) in [6.07, 6.45) is 0. The molecule has 0 radical (unpaired) electrons. The van der Waals surface area contributed by atoms with E-state index in [2.05, 4.69) is 9.47 Å². The molecule has 0 saturated carbocycles. The predicted octanol–water partition coefficient (Wildman–Crippen LogP) is 0.677. The van der Waals surface area contributed by atoms with E-state index in [1.54, 1.807) is 0 Å². The first-order valence-corrected chi connectivity index (χ1v) is 7.52. The Balaban J connectivity index is 3.16. The summed E-state index contributed by atoms with van der Waals surface area (Å²) in [5, 5.41) is 0.215. The van der Waals surface area contributed by atoms with Crippen molar-refractivity contribution in [3.63, 3.8) is 0 Å². The SMILES string of the molecule is COC(=O)CN(CC(=O)OC)S(=O)(=O)c1cccc(Cl)c1. The Kier molecular flexibility index (Phi) is 6.13. The first kappa shape index (κ1) is 17.4. The van der Waals surface area contributed by atoms with Crippen LogP contribution in [0, 0.1) is 0 Å². The molecule has 0 fully saturated rings. The molecule has 0 heterocycles. The van der Waals surface area contributed by atoms with E-state index in [4.69, 9.17) is 11.6 Å². The van der Waals surface area contributed by atoms with Crippen LogP contribution < -0.4 is 0 Å². The summed E-state index contributed by atoms with van der Waals surface area (Å²) in [4.78, 5) is 22.5. The molecule has 9 heteroatoms. The summed E-state index contributed by atoms with van der Waals surface area (Å²) in [5.41, 5.74) is 0. The lowest BCUT2D eigenvalue weighted by molar-refractivity contribution is -0.143. The number of hydrogen-bond donors (Lipinski definition) is 0. The lowest BCUT2D eigenvalue weighted by atomic mass is 10.4. The number of ether oxygens (including phenoxy) is 2. The third-order valence-electron chi connectivity index (χ3n) is 2.50. The number of nitrogens with zero attached hydrogens (tertiary/aromatic N) is 1. The van der Waals surface area contributed by atoms with Crippen molar-refractivity contribution in [1.82, 2.24) is 4.31 Å². The molecule has 0 N–H and O–H groups in total. The molecule has 1 aromatic rings. The van der Waals surface area contributed by atoms with E-state index in [1.807, 2.05) is 0 Å². The van der Waals surface area contributed by atoms with Gasteiger partial charge in [-0.05, 0) is 18.2 Å². The second-order valence-corrected chi connectivity index (χ2v) is 6.26. The van der Waals surface area contributed by atoms with E-state index in [0.717, 1.165) is 14.2 Å². The van der Waals surface area contributed by atoms with Crippen molar-refractivity contribution in [2.45, 2.75) is 4.90 Å². The van der Waals surface area contributed by atoms with E-state index >= 15 is 0 Å². The van der Waals surface area contributed by atoms with Crippen LogP contribution in [0.25, 0.3) is 0 Å². The van der Waals surface area contributed by atoms with Gasteiger partial charge in [0.2, 0.25) is 10.0 Å². The molecular formula is C12H14ClNO6S. The molecule has 0 spiro atoms. The highest BCUT2D eigenvalue weighted by Gasteiger charge is 2.29. The zero-order valence-corrected chi connectivity index (χ0v) is 13.0. The minimum absolute atomic E-state index is 0.136. The van der Waals surface area contributed by atoms with Gasteiger partial charge in [0.25, 0.3) is 0 Å². The van der Waals surface area contributed by atoms with Gasteiger partial charge in [-0.25, -0.2) is 8.42 Å². The van der Waals surface area contributed by atoms with E-state index < -0.39 is 35.1 Å². The summed E-state index contributed by atoms with van der Waals surface area (Å²) in [6, 6.07) is 5.48. The van der Waals surface area contributed by atoms with Gasteiger partial charge in [-0.3, -0.25) is 9.59 Å². The van der Waals surface area contributed by atoms with Crippen molar-refractivity contribution in [2.75, 3.05) is 27.3 Å². The first-order valence-electron chi connectivity index (χ1n) is 5.70. The molecule has 1 aromatic carbocycles. The lowest BCUT2D eigenvalue weighted by Gasteiger charge is -2.19. The second kappa shape index (κ2) is 7.39. The van der Waals surface area contributed by atoms with Crippen LogP contribution in [-0.4, -0.2) is 52.0 Å². The van der Waals surface area contributed by atoms with Crippen LogP contribution in [0.3, 0.4) is 0 Å². The summed E-state index contributed by atoms with van der Waals surface area (Å²) < 4.78 is 34.4. The van der Waals surface area contributed by atoms with Gasteiger partial charge in [-0.1, -0.05) is 17.7 Å². The Morgan fingerprint density at radius 1 is 1.14 bits per heavy atom. The number of benzene rings is 1. The van der Waals surface area contributed by atoms with E-state index in [9.17, 15) is 18.0 Å². The van der Waals surface area contributed by atoms with Crippen molar-refractivity contribution in [1.29, 1.82) is 0 Å². The van der Waals surface area contributed by atoms with E-state index in [0.29, 0.717) is 4.31 Å². The smallest absolute Gasteiger partial charge is 0.321 e. The average molecular weight is 336 g/mol. The Hall–Kier alpha value is -1.64. The number of methoxy groups -OCH3 is 2. The molecule has 0 atom stereocenters. The molecular weight excluding hydrogens is 322 g/mol. The number of esters is 2. The Morgan fingerprint density at radius 3 is 2.10 bits per heavy atom. The molecule has 0 unspecified atom stereocenters. The first-order chi connectivity index (χ1) is 9.81.